The lowest BCUT2D eigenvalue weighted by Gasteiger charge is -2.33. The van der Waals surface area contributed by atoms with Crippen LogP contribution in [0.4, 0.5) is 0 Å². The van der Waals surface area contributed by atoms with Crippen molar-refractivity contribution in [3.63, 3.8) is 0 Å². The topological polar surface area (TPSA) is 23.6 Å². The third kappa shape index (κ3) is 2.57. The summed E-state index contributed by atoms with van der Waals surface area (Å²) in [5.41, 5.74) is 0.713. The summed E-state index contributed by atoms with van der Waals surface area (Å²) < 4.78 is 0. The second kappa shape index (κ2) is 5.74. The van der Waals surface area contributed by atoms with E-state index in [2.05, 4.69) is 16.8 Å². The number of likely N-dealkylation sites (tertiary alicyclic amines) is 2. The molecule has 1 amide bonds. The molecule has 20 heavy (non-hydrogen) atoms. The number of carbonyl (C=O) groups excluding carboxylic acids is 1. The van der Waals surface area contributed by atoms with E-state index in [9.17, 15) is 4.79 Å². The van der Waals surface area contributed by atoms with E-state index in [-0.39, 0.29) is 5.91 Å². The quantitative estimate of drug-likeness (QED) is 0.836. The molecule has 0 saturated carbocycles. The van der Waals surface area contributed by atoms with Gasteiger partial charge in [-0.15, -0.1) is 0 Å². The van der Waals surface area contributed by atoms with Crippen LogP contribution >= 0.6 is 11.6 Å². The highest BCUT2D eigenvalue weighted by Gasteiger charge is 2.38. The fourth-order valence-corrected chi connectivity index (χ4v) is 3.84. The van der Waals surface area contributed by atoms with Crippen molar-refractivity contribution in [2.45, 2.75) is 37.8 Å². The first-order chi connectivity index (χ1) is 9.66. The van der Waals surface area contributed by atoms with Crippen molar-refractivity contribution in [1.82, 2.24) is 9.80 Å². The van der Waals surface area contributed by atoms with Crippen LogP contribution in [0.1, 0.15) is 36.0 Å². The number of nitrogens with zero attached hydrogens (tertiary/aromatic N) is 2. The van der Waals surface area contributed by atoms with E-state index in [1.165, 1.54) is 12.8 Å². The highest BCUT2D eigenvalue weighted by Crippen LogP contribution is 2.30. The highest BCUT2D eigenvalue weighted by molar-refractivity contribution is 6.30. The molecular formula is C16H21ClN2O. The number of benzene rings is 1. The lowest BCUT2D eigenvalue weighted by Crippen LogP contribution is -2.47. The van der Waals surface area contributed by atoms with Gasteiger partial charge in [0.25, 0.3) is 5.91 Å². The number of carbonyl (C=O) groups is 1. The van der Waals surface area contributed by atoms with Crippen LogP contribution in [0.3, 0.4) is 0 Å². The minimum atomic E-state index is 0.135. The van der Waals surface area contributed by atoms with Crippen molar-refractivity contribution < 1.29 is 4.79 Å². The molecule has 0 bridgehead atoms. The van der Waals surface area contributed by atoms with Gasteiger partial charge in [-0.05, 0) is 57.5 Å². The van der Waals surface area contributed by atoms with Gasteiger partial charge in [0.1, 0.15) is 0 Å². The Hall–Kier alpha value is -1.06. The van der Waals surface area contributed by atoms with Crippen molar-refractivity contribution in [1.29, 1.82) is 0 Å². The summed E-state index contributed by atoms with van der Waals surface area (Å²) in [5, 5.41) is 0.629. The summed E-state index contributed by atoms with van der Waals surface area (Å²) >= 11 is 6.00. The number of likely N-dealkylation sites (N-methyl/N-ethyl adjacent to an activating group) is 1. The van der Waals surface area contributed by atoms with Crippen LogP contribution in [-0.2, 0) is 0 Å². The van der Waals surface area contributed by atoms with E-state index in [0.29, 0.717) is 22.7 Å². The maximum Gasteiger partial charge on any atom is 0.254 e. The molecule has 2 saturated heterocycles. The molecule has 0 spiro atoms. The van der Waals surface area contributed by atoms with Gasteiger partial charge in [-0.2, -0.15) is 0 Å². The van der Waals surface area contributed by atoms with E-state index in [0.717, 1.165) is 25.9 Å². The smallest absolute Gasteiger partial charge is 0.254 e. The highest BCUT2D eigenvalue weighted by atomic mass is 35.5. The molecule has 0 unspecified atom stereocenters. The van der Waals surface area contributed by atoms with Crippen LogP contribution < -0.4 is 0 Å². The largest absolute Gasteiger partial charge is 0.334 e. The molecule has 0 aromatic heterocycles. The van der Waals surface area contributed by atoms with E-state index in [4.69, 9.17) is 11.6 Å². The standard InChI is InChI=1S/C16H21ClN2O/c1-18-9-3-7-14(18)15-8-4-10-19(15)16(20)12-5-2-6-13(17)11-12/h2,5-6,11,14-15H,3-4,7-10H2,1H3/t14-,15-/m0/s1. The molecule has 0 aliphatic carbocycles. The summed E-state index contributed by atoms with van der Waals surface area (Å²) in [5.74, 6) is 0.135. The SMILES string of the molecule is CN1CCC[C@H]1[C@@H]1CCCN1C(=O)c1cccc(Cl)c1. The number of amides is 1. The lowest BCUT2D eigenvalue weighted by molar-refractivity contribution is 0.0664. The Bertz CT molecular complexity index is 505. The van der Waals surface area contributed by atoms with E-state index in [1.807, 2.05) is 18.2 Å². The summed E-state index contributed by atoms with van der Waals surface area (Å²) in [4.78, 5) is 17.2. The molecule has 2 aliphatic rings. The van der Waals surface area contributed by atoms with Gasteiger partial charge in [0.15, 0.2) is 0 Å². The average molecular weight is 293 g/mol. The maximum atomic E-state index is 12.7. The molecule has 1 aromatic carbocycles. The monoisotopic (exact) mass is 292 g/mol. The minimum Gasteiger partial charge on any atom is -0.334 e. The molecule has 3 rings (SSSR count). The van der Waals surface area contributed by atoms with E-state index < -0.39 is 0 Å². The Balaban J connectivity index is 1.79. The van der Waals surface area contributed by atoms with Crippen molar-refractivity contribution in [2.75, 3.05) is 20.1 Å². The fourth-order valence-electron chi connectivity index (χ4n) is 3.65. The normalized spacial score (nSPS) is 27.2. The van der Waals surface area contributed by atoms with Gasteiger partial charge >= 0.3 is 0 Å². The average Bonchev–Trinajstić information content (AvgIpc) is 3.06. The molecule has 0 radical (unpaired) electrons. The van der Waals surface area contributed by atoms with Crippen molar-refractivity contribution in [2.24, 2.45) is 0 Å². The van der Waals surface area contributed by atoms with Gasteiger partial charge in [-0.1, -0.05) is 17.7 Å². The fraction of sp³-hybridized carbons (Fsp3) is 0.562. The maximum absolute atomic E-state index is 12.7. The third-order valence-electron chi connectivity index (χ3n) is 4.65. The second-order valence-corrected chi connectivity index (χ2v) is 6.35. The number of halogens is 1. The van der Waals surface area contributed by atoms with Crippen LogP contribution in [0.5, 0.6) is 0 Å². The summed E-state index contributed by atoms with van der Waals surface area (Å²) in [6.45, 7) is 2.03. The van der Waals surface area contributed by atoms with Crippen LogP contribution in [0.15, 0.2) is 24.3 Å². The summed E-state index contributed by atoms with van der Waals surface area (Å²) in [6, 6.07) is 8.20. The Kier molecular flexibility index (Phi) is 3.99. The zero-order chi connectivity index (χ0) is 14.1. The van der Waals surface area contributed by atoms with Crippen molar-refractivity contribution >= 4 is 17.5 Å². The zero-order valence-corrected chi connectivity index (χ0v) is 12.6. The first-order valence-corrected chi connectivity index (χ1v) is 7.81. The van der Waals surface area contributed by atoms with Gasteiger partial charge in [-0.25, -0.2) is 0 Å². The molecule has 2 fully saturated rings. The van der Waals surface area contributed by atoms with E-state index >= 15 is 0 Å². The number of rotatable bonds is 2. The molecule has 4 heteroatoms. The summed E-state index contributed by atoms with van der Waals surface area (Å²) in [6.07, 6.45) is 4.69. The van der Waals surface area contributed by atoms with Gasteiger partial charge in [0, 0.05) is 29.2 Å². The van der Waals surface area contributed by atoms with Crippen LogP contribution in [0.2, 0.25) is 5.02 Å². The Morgan fingerprint density at radius 1 is 1.20 bits per heavy atom. The van der Waals surface area contributed by atoms with E-state index in [1.54, 1.807) is 6.07 Å². The van der Waals surface area contributed by atoms with Crippen LogP contribution in [0, 0.1) is 0 Å². The van der Waals surface area contributed by atoms with Crippen molar-refractivity contribution in [3.05, 3.63) is 34.9 Å². The summed E-state index contributed by atoms with van der Waals surface area (Å²) in [7, 11) is 2.18. The molecule has 3 nitrogen and oxygen atoms in total. The number of hydrogen-bond donors (Lipinski definition) is 0. The second-order valence-electron chi connectivity index (χ2n) is 5.91. The lowest BCUT2D eigenvalue weighted by atomic mass is 10.0. The molecule has 108 valence electrons. The predicted octanol–water partition coefficient (Wildman–Crippen LogP) is 3.04. The Morgan fingerprint density at radius 2 is 1.95 bits per heavy atom. The minimum absolute atomic E-state index is 0.135. The van der Waals surface area contributed by atoms with Crippen LogP contribution in [-0.4, -0.2) is 47.9 Å². The van der Waals surface area contributed by atoms with Crippen LogP contribution in [0.25, 0.3) is 0 Å². The Labute approximate surface area is 125 Å². The van der Waals surface area contributed by atoms with Crippen molar-refractivity contribution in [3.8, 4) is 0 Å². The molecule has 1 aromatic rings. The third-order valence-corrected chi connectivity index (χ3v) is 4.89. The predicted molar refractivity (Wildman–Crippen MR) is 81.2 cm³/mol. The molecule has 2 atom stereocenters. The number of hydrogen-bond acceptors (Lipinski definition) is 2. The zero-order valence-electron chi connectivity index (χ0n) is 11.9. The van der Waals surface area contributed by atoms with Gasteiger partial charge in [0.05, 0.1) is 0 Å². The first-order valence-electron chi connectivity index (χ1n) is 7.43. The molecule has 0 N–H and O–H groups in total. The molecular weight excluding hydrogens is 272 g/mol. The van der Waals surface area contributed by atoms with Gasteiger partial charge in [-0.3, -0.25) is 4.79 Å². The first kappa shape index (κ1) is 13.9. The molecule has 2 aliphatic heterocycles. The Morgan fingerprint density at radius 3 is 2.65 bits per heavy atom. The van der Waals surface area contributed by atoms with Gasteiger partial charge in [0.2, 0.25) is 0 Å². The molecule has 2 heterocycles. The van der Waals surface area contributed by atoms with Gasteiger partial charge < -0.3 is 9.80 Å².